The van der Waals surface area contributed by atoms with E-state index in [0.29, 0.717) is 11.8 Å². The Labute approximate surface area is 294 Å². The number of hydrogen-bond donors (Lipinski definition) is 0. The van der Waals surface area contributed by atoms with Gasteiger partial charge in [0.1, 0.15) is 0 Å². The SMILES string of the molecule is CC(C)Cc1cc(-c2[c-]cccc2)ncc1[Si](C)(C)C.Cc1ccnc(-c2[c-]ccc3c2oc2nc(C4CCCCC4)ccc23)c1.[Ir]. The van der Waals surface area contributed by atoms with E-state index in [2.05, 4.69) is 105 Å². The molecule has 6 aromatic rings. The van der Waals surface area contributed by atoms with Gasteiger partial charge in [-0.25, -0.2) is 4.98 Å². The van der Waals surface area contributed by atoms with E-state index in [1.54, 1.807) is 0 Å². The molecule has 0 spiro atoms. The number of rotatable bonds is 6. The molecule has 1 radical (unpaired) electrons. The first-order valence-corrected chi connectivity index (χ1v) is 20.3. The van der Waals surface area contributed by atoms with E-state index in [1.807, 2.05) is 36.5 Å². The topological polar surface area (TPSA) is 51.8 Å². The van der Waals surface area contributed by atoms with Crippen LogP contribution in [0.2, 0.25) is 19.6 Å². The molecule has 1 saturated carbocycles. The van der Waals surface area contributed by atoms with E-state index < -0.39 is 8.07 Å². The van der Waals surface area contributed by atoms with E-state index in [4.69, 9.17) is 9.40 Å². The summed E-state index contributed by atoms with van der Waals surface area (Å²) in [5, 5.41) is 3.65. The number of benzene rings is 2. The minimum absolute atomic E-state index is 0. The van der Waals surface area contributed by atoms with Crippen LogP contribution in [-0.4, -0.2) is 23.0 Å². The Morgan fingerprint density at radius 3 is 2.38 bits per heavy atom. The predicted molar refractivity (Wildman–Crippen MR) is 194 cm³/mol. The van der Waals surface area contributed by atoms with Gasteiger partial charge in [0.2, 0.25) is 5.71 Å². The summed E-state index contributed by atoms with van der Waals surface area (Å²) in [6.45, 7) is 13.8. The number of furan rings is 1. The predicted octanol–water partition coefficient (Wildman–Crippen LogP) is 10.5. The van der Waals surface area contributed by atoms with Gasteiger partial charge in [-0.1, -0.05) is 87.0 Å². The van der Waals surface area contributed by atoms with Crippen LogP contribution in [-0.2, 0) is 26.5 Å². The molecule has 0 bridgehead atoms. The van der Waals surface area contributed by atoms with Gasteiger partial charge in [0.25, 0.3) is 0 Å². The first kappa shape index (κ1) is 34.9. The zero-order valence-corrected chi connectivity index (χ0v) is 31.9. The maximum absolute atomic E-state index is 6.23. The normalized spacial score (nSPS) is 13.8. The molecule has 0 amide bonds. The van der Waals surface area contributed by atoms with E-state index in [1.165, 1.54) is 54.1 Å². The fraction of sp³-hybridized carbons (Fsp3) is 0.341. The first-order chi connectivity index (χ1) is 22.2. The van der Waals surface area contributed by atoms with Crippen LogP contribution in [0, 0.1) is 25.0 Å². The number of nitrogens with zero attached hydrogens (tertiary/aromatic N) is 3. The molecule has 0 N–H and O–H groups in total. The van der Waals surface area contributed by atoms with Gasteiger partial charge in [-0.3, -0.25) is 0 Å². The van der Waals surface area contributed by atoms with Gasteiger partial charge in [0.15, 0.2) is 0 Å². The molecule has 4 heterocycles. The van der Waals surface area contributed by atoms with Crippen LogP contribution in [0.1, 0.15) is 68.7 Å². The van der Waals surface area contributed by atoms with Gasteiger partial charge < -0.3 is 14.4 Å². The summed E-state index contributed by atoms with van der Waals surface area (Å²) < 4.78 is 6.23. The van der Waals surface area contributed by atoms with Gasteiger partial charge in [-0.2, -0.15) is 0 Å². The summed E-state index contributed by atoms with van der Waals surface area (Å²) in [5.41, 5.74) is 9.31. The summed E-state index contributed by atoms with van der Waals surface area (Å²) in [7, 11) is -1.34. The summed E-state index contributed by atoms with van der Waals surface area (Å²) in [5.74, 6) is 1.24. The molecule has 4 nitrogen and oxygen atoms in total. The molecule has 47 heavy (non-hydrogen) atoms. The zero-order valence-electron chi connectivity index (χ0n) is 28.5. The van der Waals surface area contributed by atoms with Crippen molar-refractivity contribution < 1.29 is 24.5 Å². The number of aryl methyl sites for hydroxylation is 1. The minimum atomic E-state index is -1.34. The molecule has 245 valence electrons. The Morgan fingerprint density at radius 1 is 0.872 bits per heavy atom. The van der Waals surface area contributed by atoms with Crippen molar-refractivity contribution in [3.05, 3.63) is 108 Å². The minimum Gasteiger partial charge on any atom is -0.486 e. The third-order valence-electron chi connectivity index (χ3n) is 8.93. The second-order valence-corrected chi connectivity index (χ2v) is 19.2. The second kappa shape index (κ2) is 15.2. The maximum Gasteiger partial charge on any atom is 0.216 e. The number of pyridine rings is 3. The van der Waals surface area contributed by atoms with Crippen molar-refractivity contribution in [2.24, 2.45) is 5.92 Å². The summed E-state index contributed by atoms with van der Waals surface area (Å²) in [6, 6.07) is 29.4. The molecule has 0 unspecified atom stereocenters. The zero-order chi connectivity index (χ0) is 32.3. The Hall–Kier alpha value is -3.44. The van der Waals surface area contributed by atoms with Crippen molar-refractivity contribution in [1.82, 2.24) is 15.0 Å². The Kier molecular flexibility index (Phi) is 11.3. The van der Waals surface area contributed by atoms with E-state index in [9.17, 15) is 0 Å². The molecule has 0 aliphatic heterocycles. The van der Waals surface area contributed by atoms with Crippen LogP contribution >= 0.6 is 0 Å². The van der Waals surface area contributed by atoms with Gasteiger partial charge in [0, 0.05) is 49.5 Å². The van der Waals surface area contributed by atoms with E-state index in [0.717, 1.165) is 51.0 Å². The van der Waals surface area contributed by atoms with Crippen LogP contribution < -0.4 is 5.19 Å². The van der Waals surface area contributed by atoms with Crippen molar-refractivity contribution in [1.29, 1.82) is 0 Å². The fourth-order valence-electron chi connectivity index (χ4n) is 6.61. The number of hydrogen-bond acceptors (Lipinski definition) is 4. The molecule has 2 aromatic carbocycles. The Bertz CT molecular complexity index is 1940. The molecule has 6 heteroatoms. The third kappa shape index (κ3) is 8.17. The van der Waals surface area contributed by atoms with Crippen molar-refractivity contribution in [2.45, 2.75) is 84.9 Å². The molecule has 1 fully saturated rings. The Morgan fingerprint density at radius 2 is 1.68 bits per heavy atom. The van der Waals surface area contributed by atoms with Gasteiger partial charge in [0.05, 0.1) is 13.7 Å². The standard InChI is InChI=1S/C23H21N2O.C18H24NSi.Ir/c1-15-12-13-24-21(14-15)19-9-5-8-17-18-10-11-20(16-6-3-2-4-7-16)25-23(18)26-22(17)19;1-14(2)11-16-12-17(15-9-7-6-8-10-15)19-13-18(16)20(3,4)5;/h5,8,10-14,16H,2-4,6-7H2,1H3;6-9,12-14H,11H2,1-5H3;/q2*-1;. The quantitative estimate of drug-likeness (QED) is 0.124. The fourth-order valence-corrected chi connectivity index (χ4v) is 8.20. The van der Waals surface area contributed by atoms with Crippen LogP contribution in [0.4, 0.5) is 0 Å². The monoisotopic (exact) mass is 816 g/mol. The van der Waals surface area contributed by atoms with Crippen molar-refractivity contribution in [3.63, 3.8) is 0 Å². The maximum atomic E-state index is 6.23. The van der Waals surface area contributed by atoms with E-state index >= 15 is 0 Å². The largest absolute Gasteiger partial charge is 0.486 e. The van der Waals surface area contributed by atoms with Crippen LogP contribution in [0.25, 0.3) is 44.6 Å². The molecule has 0 saturated heterocycles. The first-order valence-electron chi connectivity index (χ1n) is 16.8. The van der Waals surface area contributed by atoms with Gasteiger partial charge in [-0.05, 0) is 66.9 Å². The van der Waals surface area contributed by atoms with E-state index in [-0.39, 0.29) is 20.1 Å². The third-order valence-corrected chi connectivity index (χ3v) is 11.0. The summed E-state index contributed by atoms with van der Waals surface area (Å²) in [4.78, 5) is 14.1. The van der Waals surface area contributed by atoms with Crippen molar-refractivity contribution >= 4 is 35.3 Å². The van der Waals surface area contributed by atoms with Gasteiger partial charge >= 0.3 is 0 Å². The average molecular weight is 816 g/mol. The molecular weight excluding hydrogens is 771 g/mol. The molecule has 1 aliphatic rings. The molecular formula is C41H45IrN3OSi-2. The number of fused-ring (bicyclic) bond motifs is 3. The molecule has 4 aromatic heterocycles. The van der Waals surface area contributed by atoms with Crippen LogP contribution in [0.5, 0.6) is 0 Å². The van der Waals surface area contributed by atoms with Crippen molar-refractivity contribution in [2.75, 3.05) is 0 Å². The summed E-state index contributed by atoms with van der Waals surface area (Å²) in [6.07, 6.45) is 11.5. The average Bonchev–Trinajstić information content (AvgIpc) is 3.43. The molecule has 7 rings (SSSR count). The second-order valence-electron chi connectivity index (χ2n) is 14.2. The van der Waals surface area contributed by atoms with Crippen LogP contribution in [0.15, 0.2) is 83.5 Å². The molecule has 1 aliphatic carbocycles. The van der Waals surface area contributed by atoms with Crippen molar-refractivity contribution in [3.8, 4) is 22.5 Å². The summed E-state index contributed by atoms with van der Waals surface area (Å²) >= 11 is 0. The molecule has 0 atom stereocenters. The van der Waals surface area contributed by atoms with Gasteiger partial charge in [-0.15, -0.1) is 54.1 Å². The van der Waals surface area contributed by atoms with Crippen LogP contribution in [0.3, 0.4) is 0 Å². The number of aromatic nitrogens is 3. The Balaban J connectivity index is 0.000000188. The smallest absolute Gasteiger partial charge is 0.216 e.